The van der Waals surface area contributed by atoms with Gasteiger partial charge in [-0.1, -0.05) is 49.7 Å². The fraction of sp³-hybridized carbons (Fsp3) is 0.364. The fourth-order valence-corrected chi connectivity index (χ4v) is 6.71. The van der Waals surface area contributed by atoms with Crippen molar-refractivity contribution >= 4 is 23.3 Å². The van der Waals surface area contributed by atoms with Crippen LogP contribution in [0.15, 0.2) is 71.0 Å². The Kier molecular flexibility index (Phi) is 8.44. The van der Waals surface area contributed by atoms with Crippen LogP contribution in [-0.2, 0) is 23.6 Å². The van der Waals surface area contributed by atoms with Crippen LogP contribution in [0, 0.1) is 12.8 Å². The van der Waals surface area contributed by atoms with Gasteiger partial charge in [-0.3, -0.25) is 4.57 Å². The molecule has 30 heavy (non-hydrogen) atoms. The molecule has 0 atom stereocenters. The van der Waals surface area contributed by atoms with Crippen LogP contribution in [0.3, 0.4) is 0 Å². The third-order valence-corrected chi connectivity index (χ3v) is 8.12. The Morgan fingerprint density at radius 2 is 1.53 bits per heavy atom. The summed E-state index contributed by atoms with van der Waals surface area (Å²) in [6, 6.07) is 15.1. The normalized spacial score (nSPS) is 12.9. The second kappa shape index (κ2) is 10.4. The van der Waals surface area contributed by atoms with Crippen LogP contribution in [0.25, 0.3) is 0 Å². The van der Waals surface area contributed by atoms with Crippen LogP contribution in [-0.4, -0.2) is 21.6 Å². The highest BCUT2D eigenvalue weighted by Gasteiger charge is 2.41. The van der Waals surface area contributed by atoms with Crippen molar-refractivity contribution in [3.8, 4) is 0 Å². The van der Waals surface area contributed by atoms with E-state index in [9.17, 15) is 13.0 Å². The number of hydrogen-bond acceptors (Lipinski definition) is 5. The lowest BCUT2D eigenvalue weighted by atomic mass is 10.2. The van der Waals surface area contributed by atoms with Gasteiger partial charge in [0.25, 0.3) is 10.0 Å². The van der Waals surface area contributed by atoms with E-state index in [1.54, 1.807) is 74.5 Å². The van der Waals surface area contributed by atoms with Gasteiger partial charge in [0, 0.05) is 0 Å². The van der Waals surface area contributed by atoms with Crippen molar-refractivity contribution in [3.63, 3.8) is 0 Å². The molecule has 0 fully saturated rings. The van der Waals surface area contributed by atoms with Crippen LogP contribution in [0.5, 0.6) is 0 Å². The Bertz CT molecular complexity index is 992. The van der Waals surface area contributed by atoms with Crippen LogP contribution in [0.2, 0.25) is 0 Å². The van der Waals surface area contributed by atoms with Gasteiger partial charge in [-0.05, 0) is 57.0 Å². The van der Waals surface area contributed by atoms with Gasteiger partial charge in [0.1, 0.15) is 5.44 Å². The Labute approximate surface area is 180 Å². The van der Waals surface area contributed by atoms with Crippen molar-refractivity contribution < 1.29 is 22.0 Å². The van der Waals surface area contributed by atoms with E-state index in [-0.39, 0.29) is 29.5 Å². The SMILES string of the molecule is CCOP(=O)(OCC)/C(=C\C(C)C)N(c1ccccc1)S(=O)(=O)c1ccc(C)cc1. The molecule has 0 saturated carbocycles. The number of nitrogens with zero attached hydrogens (tertiary/aromatic N) is 1. The third kappa shape index (κ3) is 5.61. The molecule has 0 aliphatic rings. The highest BCUT2D eigenvalue weighted by molar-refractivity contribution is 7.93. The molecule has 0 unspecified atom stereocenters. The lowest BCUT2D eigenvalue weighted by Gasteiger charge is -2.31. The first kappa shape index (κ1) is 24.4. The highest BCUT2D eigenvalue weighted by Crippen LogP contribution is 2.59. The van der Waals surface area contributed by atoms with Crippen LogP contribution < -0.4 is 4.31 Å². The lowest BCUT2D eigenvalue weighted by Crippen LogP contribution is -2.31. The van der Waals surface area contributed by atoms with E-state index in [4.69, 9.17) is 9.05 Å². The Morgan fingerprint density at radius 1 is 1.00 bits per heavy atom. The maximum Gasteiger partial charge on any atom is 0.378 e. The molecule has 0 spiro atoms. The van der Waals surface area contributed by atoms with E-state index in [0.717, 1.165) is 9.87 Å². The molecule has 2 aromatic rings. The summed E-state index contributed by atoms with van der Waals surface area (Å²) in [5, 5.41) is 0. The van der Waals surface area contributed by atoms with E-state index < -0.39 is 17.6 Å². The first-order valence-corrected chi connectivity index (χ1v) is 12.9. The molecule has 0 saturated heterocycles. The predicted octanol–water partition coefficient (Wildman–Crippen LogP) is 5.95. The first-order chi connectivity index (χ1) is 14.2. The third-order valence-electron chi connectivity index (χ3n) is 4.12. The van der Waals surface area contributed by atoms with Crippen LogP contribution >= 0.6 is 7.60 Å². The molecule has 0 N–H and O–H groups in total. The fourth-order valence-electron chi connectivity index (χ4n) is 2.85. The number of anilines is 1. The monoisotopic (exact) mass is 451 g/mol. The lowest BCUT2D eigenvalue weighted by molar-refractivity contribution is 0.226. The summed E-state index contributed by atoms with van der Waals surface area (Å²) in [4.78, 5) is 0.0890. The zero-order valence-corrected chi connectivity index (χ0v) is 19.8. The van der Waals surface area contributed by atoms with Crippen molar-refractivity contribution in [1.82, 2.24) is 0 Å². The van der Waals surface area contributed by atoms with Crippen LogP contribution in [0.4, 0.5) is 5.69 Å². The van der Waals surface area contributed by atoms with Gasteiger partial charge < -0.3 is 9.05 Å². The van der Waals surface area contributed by atoms with E-state index in [1.165, 1.54) is 0 Å². The van der Waals surface area contributed by atoms with Gasteiger partial charge in [-0.25, -0.2) is 12.7 Å². The molecule has 0 heterocycles. The molecule has 0 aromatic heterocycles. The highest BCUT2D eigenvalue weighted by atomic mass is 32.2. The minimum Gasteiger partial charge on any atom is -0.304 e. The standard InChI is InChI=1S/C22H30NO5PS/c1-6-27-29(24,28-7-2)22(17-18(3)4)23(20-11-9-8-10-12-20)30(25,26)21-15-13-19(5)14-16-21/h8-18H,6-7H2,1-5H3/b22-17-. The second-order valence-electron chi connectivity index (χ2n) is 7.02. The average molecular weight is 452 g/mol. The van der Waals surface area contributed by atoms with Gasteiger partial charge >= 0.3 is 7.60 Å². The number of benzene rings is 2. The molecule has 164 valence electrons. The van der Waals surface area contributed by atoms with E-state index in [2.05, 4.69) is 0 Å². The van der Waals surface area contributed by atoms with Crippen molar-refractivity contribution in [2.24, 2.45) is 5.92 Å². The number of allylic oxidation sites excluding steroid dienone is 1. The molecule has 2 aromatic carbocycles. The van der Waals surface area contributed by atoms with Gasteiger partial charge in [0.05, 0.1) is 23.8 Å². The predicted molar refractivity (Wildman–Crippen MR) is 121 cm³/mol. The number of hydrogen-bond donors (Lipinski definition) is 0. The maximum absolute atomic E-state index is 13.8. The van der Waals surface area contributed by atoms with Gasteiger partial charge in [-0.2, -0.15) is 0 Å². The zero-order chi connectivity index (χ0) is 22.4. The number of sulfonamides is 1. The quantitative estimate of drug-likeness (QED) is 0.417. The van der Waals surface area contributed by atoms with Crippen molar-refractivity contribution in [2.45, 2.75) is 39.5 Å². The molecular weight excluding hydrogens is 421 g/mol. The van der Waals surface area contributed by atoms with Crippen molar-refractivity contribution in [2.75, 3.05) is 17.5 Å². The first-order valence-electron chi connectivity index (χ1n) is 9.94. The van der Waals surface area contributed by atoms with Gasteiger partial charge in [0.2, 0.25) is 0 Å². The van der Waals surface area contributed by atoms with Crippen molar-refractivity contribution in [3.05, 3.63) is 71.7 Å². The molecule has 0 amide bonds. The molecule has 6 nitrogen and oxygen atoms in total. The minimum atomic E-state index is -4.10. The maximum atomic E-state index is 13.8. The molecule has 2 rings (SSSR count). The molecule has 0 radical (unpaired) electrons. The van der Waals surface area contributed by atoms with Gasteiger partial charge in [-0.15, -0.1) is 0 Å². The van der Waals surface area contributed by atoms with E-state index in [1.807, 2.05) is 20.8 Å². The summed E-state index contributed by atoms with van der Waals surface area (Å²) in [6.45, 7) is 9.25. The Morgan fingerprint density at radius 3 is 2.00 bits per heavy atom. The van der Waals surface area contributed by atoms with E-state index in [0.29, 0.717) is 5.69 Å². The topological polar surface area (TPSA) is 72.9 Å². The summed E-state index contributed by atoms with van der Waals surface area (Å²) in [5.41, 5.74) is 1.28. The summed E-state index contributed by atoms with van der Waals surface area (Å²) < 4.78 is 53.5. The summed E-state index contributed by atoms with van der Waals surface area (Å²) in [7, 11) is -8.03. The average Bonchev–Trinajstić information content (AvgIpc) is 2.68. The second-order valence-corrected chi connectivity index (χ2v) is 10.8. The molecule has 0 bridgehead atoms. The summed E-state index contributed by atoms with van der Waals surface area (Å²) in [5.74, 6) is -0.103. The van der Waals surface area contributed by atoms with E-state index >= 15 is 0 Å². The minimum absolute atomic E-state index is 0.00650. The molecule has 0 aliphatic heterocycles. The van der Waals surface area contributed by atoms with Crippen LogP contribution in [0.1, 0.15) is 33.3 Å². The Hall–Kier alpha value is -1.92. The smallest absolute Gasteiger partial charge is 0.304 e. The van der Waals surface area contributed by atoms with Crippen molar-refractivity contribution in [1.29, 1.82) is 0 Å². The summed E-state index contributed by atoms with van der Waals surface area (Å²) in [6.07, 6.45) is 1.63. The zero-order valence-electron chi connectivity index (χ0n) is 18.1. The molecule has 0 aliphatic carbocycles. The number of rotatable bonds is 10. The number of aryl methyl sites for hydroxylation is 1. The summed E-state index contributed by atoms with van der Waals surface area (Å²) >= 11 is 0. The number of para-hydroxylation sites is 1. The molecular formula is C22H30NO5PS. The largest absolute Gasteiger partial charge is 0.378 e. The Balaban J connectivity index is 2.82. The molecule has 8 heteroatoms. The van der Waals surface area contributed by atoms with Gasteiger partial charge in [0.15, 0.2) is 0 Å².